The van der Waals surface area contributed by atoms with Crippen LogP contribution in [0.3, 0.4) is 0 Å². The average Bonchev–Trinajstić information content (AvgIpc) is 2.84. The number of nitrogens with two attached hydrogens (primary N) is 1. The van der Waals surface area contributed by atoms with Gasteiger partial charge in [0, 0.05) is 25.8 Å². The maximum atomic E-state index is 12.3. The van der Waals surface area contributed by atoms with Crippen molar-refractivity contribution in [1.29, 1.82) is 0 Å². The van der Waals surface area contributed by atoms with Crippen LogP contribution in [0.4, 0.5) is 0 Å². The first-order valence-corrected chi connectivity index (χ1v) is 13.5. The molecule has 0 rings (SSSR count). The molecule has 0 bridgehead atoms. The summed E-state index contributed by atoms with van der Waals surface area (Å²) in [6.07, 6.45) is 13.6. The lowest BCUT2D eigenvalue weighted by atomic mass is 10.0. The number of aliphatic hydroxyl groups is 1. The molecule has 0 aromatic heterocycles. The van der Waals surface area contributed by atoms with Crippen LogP contribution in [0.2, 0.25) is 0 Å². The molecule has 36 heavy (non-hydrogen) atoms. The monoisotopic (exact) mass is 514 g/mol. The van der Waals surface area contributed by atoms with Crippen molar-refractivity contribution in [3.8, 4) is 0 Å². The standard InChI is InChI=1S/C27H50N2O7/c1-4-5-12-17-24(35-26(32)20-15-19-25(31)34-22-21-29(2)3)23(30)16-13-10-8-6-7-9-11-14-18-27(33)36-28/h10,13,23-24,30H,4-9,11-12,14-22,28H2,1-3H3/b13-10-. The van der Waals surface area contributed by atoms with E-state index in [1.165, 1.54) is 0 Å². The fourth-order valence-electron chi connectivity index (χ4n) is 3.57. The molecule has 0 fully saturated rings. The van der Waals surface area contributed by atoms with Gasteiger partial charge < -0.3 is 24.3 Å². The Labute approximate surface area is 217 Å². The van der Waals surface area contributed by atoms with E-state index in [9.17, 15) is 19.5 Å². The van der Waals surface area contributed by atoms with Crippen LogP contribution in [0.25, 0.3) is 0 Å². The topological polar surface area (TPSA) is 128 Å². The van der Waals surface area contributed by atoms with Gasteiger partial charge in [0.15, 0.2) is 0 Å². The molecule has 0 aromatic rings. The highest BCUT2D eigenvalue weighted by Gasteiger charge is 2.22. The molecule has 0 aliphatic heterocycles. The third kappa shape index (κ3) is 21.3. The minimum atomic E-state index is -0.750. The maximum Gasteiger partial charge on any atom is 0.324 e. The first kappa shape index (κ1) is 34.0. The fraction of sp³-hybridized carbons (Fsp3) is 0.815. The van der Waals surface area contributed by atoms with E-state index in [0.29, 0.717) is 38.8 Å². The van der Waals surface area contributed by atoms with Crippen molar-refractivity contribution in [3.63, 3.8) is 0 Å². The van der Waals surface area contributed by atoms with Gasteiger partial charge in [0.25, 0.3) is 0 Å². The zero-order chi connectivity index (χ0) is 27.0. The molecule has 0 aliphatic rings. The normalized spacial score (nSPS) is 13.1. The van der Waals surface area contributed by atoms with Crippen molar-refractivity contribution in [2.75, 3.05) is 27.2 Å². The molecule has 3 N–H and O–H groups in total. The van der Waals surface area contributed by atoms with Crippen LogP contribution >= 0.6 is 0 Å². The number of unbranched alkanes of at least 4 members (excludes halogenated alkanes) is 7. The molecule has 0 saturated heterocycles. The first-order chi connectivity index (χ1) is 17.3. The summed E-state index contributed by atoms with van der Waals surface area (Å²) in [5.74, 6) is 3.74. The Balaban J connectivity index is 4.21. The number of carbonyl (C=O) groups is 3. The summed E-state index contributed by atoms with van der Waals surface area (Å²) in [7, 11) is 3.81. The second-order valence-corrected chi connectivity index (χ2v) is 9.47. The lowest BCUT2D eigenvalue weighted by molar-refractivity contribution is -0.156. The summed E-state index contributed by atoms with van der Waals surface area (Å²) >= 11 is 0. The number of carbonyl (C=O) groups excluding carboxylic acids is 3. The zero-order valence-corrected chi connectivity index (χ0v) is 22.8. The number of aliphatic hydroxyl groups excluding tert-OH is 1. The summed E-state index contributed by atoms with van der Waals surface area (Å²) in [6, 6.07) is 0. The van der Waals surface area contributed by atoms with Crippen LogP contribution < -0.4 is 5.90 Å². The summed E-state index contributed by atoms with van der Waals surface area (Å²) in [5.41, 5.74) is 0. The Hall–Kier alpha value is -1.97. The van der Waals surface area contributed by atoms with E-state index in [1.54, 1.807) is 0 Å². The lowest BCUT2D eigenvalue weighted by Crippen LogP contribution is -2.31. The molecule has 0 spiro atoms. The molecule has 0 aliphatic carbocycles. The molecule has 2 unspecified atom stereocenters. The van der Waals surface area contributed by atoms with Crippen LogP contribution in [-0.4, -0.2) is 67.4 Å². The summed E-state index contributed by atoms with van der Waals surface area (Å²) in [4.78, 5) is 41.1. The fourth-order valence-corrected chi connectivity index (χ4v) is 3.57. The second-order valence-electron chi connectivity index (χ2n) is 9.47. The minimum Gasteiger partial charge on any atom is -0.464 e. The molecule has 210 valence electrons. The van der Waals surface area contributed by atoms with Crippen molar-refractivity contribution in [1.82, 2.24) is 4.90 Å². The molecule has 0 radical (unpaired) electrons. The molecule has 9 nitrogen and oxygen atoms in total. The van der Waals surface area contributed by atoms with Gasteiger partial charge in [-0.1, -0.05) is 51.2 Å². The number of hydrogen-bond donors (Lipinski definition) is 2. The maximum absolute atomic E-state index is 12.3. The second kappa shape index (κ2) is 23.4. The predicted octanol–water partition coefficient (Wildman–Crippen LogP) is 4.21. The highest BCUT2D eigenvalue weighted by Crippen LogP contribution is 2.16. The van der Waals surface area contributed by atoms with E-state index in [-0.39, 0.29) is 30.7 Å². The summed E-state index contributed by atoms with van der Waals surface area (Å²) in [6.45, 7) is 3.10. The van der Waals surface area contributed by atoms with Gasteiger partial charge in [0.2, 0.25) is 0 Å². The van der Waals surface area contributed by atoms with Crippen molar-refractivity contribution < 1.29 is 33.8 Å². The van der Waals surface area contributed by atoms with Crippen molar-refractivity contribution in [2.24, 2.45) is 5.90 Å². The summed E-state index contributed by atoms with van der Waals surface area (Å²) in [5, 5.41) is 10.6. The van der Waals surface area contributed by atoms with Crippen LogP contribution in [0.15, 0.2) is 12.2 Å². The Bertz CT molecular complexity index is 611. The third-order valence-electron chi connectivity index (χ3n) is 5.79. The Morgan fingerprint density at radius 3 is 2.22 bits per heavy atom. The van der Waals surface area contributed by atoms with E-state index in [4.69, 9.17) is 15.4 Å². The number of nitrogens with zero attached hydrogens (tertiary/aromatic N) is 1. The van der Waals surface area contributed by atoms with E-state index in [2.05, 4.69) is 17.8 Å². The SMILES string of the molecule is CCCCCC(OC(=O)CCCC(=O)OCCN(C)C)C(O)C/C=C\CCCCCCCC(=O)ON. The number of hydrogen-bond acceptors (Lipinski definition) is 9. The zero-order valence-electron chi connectivity index (χ0n) is 22.8. The van der Waals surface area contributed by atoms with Crippen molar-refractivity contribution in [3.05, 3.63) is 12.2 Å². The highest BCUT2D eigenvalue weighted by molar-refractivity contribution is 5.72. The molecule has 2 atom stereocenters. The smallest absolute Gasteiger partial charge is 0.324 e. The van der Waals surface area contributed by atoms with Gasteiger partial charge in [-0.3, -0.25) is 14.4 Å². The lowest BCUT2D eigenvalue weighted by Gasteiger charge is -2.22. The Morgan fingerprint density at radius 1 is 0.861 bits per heavy atom. The van der Waals surface area contributed by atoms with Gasteiger partial charge in [-0.25, -0.2) is 0 Å². The molecule has 0 amide bonds. The van der Waals surface area contributed by atoms with Gasteiger partial charge in [-0.2, -0.15) is 5.90 Å². The van der Waals surface area contributed by atoms with Crippen LogP contribution in [0, 0.1) is 0 Å². The van der Waals surface area contributed by atoms with Crippen molar-refractivity contribution in [2.45, 2.75) is 115 Å². The molecule has 0 heterocycles. The number of likely N-dealkylation sites (N-methyl/N-ethyl adjacent to an activating group) is 1. The molecule has 9 heteroatoms. The third-order valence-corrected chi connectivity index (χ3v) is 5.79. The van der Waals surface area contributed by atoms with E-state index < -0.39 is 12.2 Å². The van der Waals surface area contributed by atoms with E-state index >= 15 is 0 Å². The van der Waals surface area contributed by atoms with Gasteiger partial charge in [0.1, 0.15) is 12.7 Å². The number of rotatable bonds is 23. The Morgan fingerprint density at radius 2 is 1.53 bits per heavy atom. The number of esters is 2. The minimum absolute atomic E-state index is 0.128. The largest absolute Gasteiger partial charge is 0.464 e. The molecule has 0 saturated carbocycles. The van der Waals surface area contributed by atoms with Crippen LogP contribution in [-0.2, 0) is 28.7 Å². The van der Waals surface area contributed by atoms with Gasteiger partial charge in [-0.15, -0.1) is 0 Å². The van der Waals surface area contributed by atoms with E-state index in [1.807, 2.05) is 25.1 Å². The van der Waals surface area contributed by atoms with Crippen LogP contribution in [0.5, 0.6) is 0 Å². The van der Waals surface area contributed by atoms with Crippen LogP contribution in [0.1, 0.15) is 103 Å². The predicted molar refractivity (Wildman–Crippen MR) is 140 cm³/mol. The molecular formula is C27H50N2O7. The summed E-state index contributed by atoms with van der Waals surface area (Å²) < 4.78 is 10.7. The Kier molecular flexibility index (Phi) is 22.1. The van der Waals surface area contributed by atoms with Gasteiger partial charge in [-0.05, 0) is 59.0 Å². The van der Waals surface area contributed by atoms with E-state index in [0.717, 1.165) is 57.8 Å². The molecule has 0 aromatic carbocycles. The molecular weight excluding hydrogens is 464 g/mol. The number of allylic oxidation sites excluding steroid dienone is 1. The first-order valence-electron chi connectivity index (χ1n) is 13.5. The van der Waals surface area contributed by atoms with Gasteiger partial charge >= 0.3 is 17.9 Å². The number of ether oxygens (including phenoxy) is 2. The quantitative estimate of drug-likeness (QED) is 0.0891. The van der Waals surface area contributed by atoms with Crippen molar-refractivity contribution >= 4 is 17.9 Å². The highest BCUT2D eigenvalue weighted by atomic mass is 16.7. The van der Waals surface area contributed by atoms with Gasteiger partial charge in [0.05, 0.1) is 6.10 Å². The average molecular weight is 515 g/mol.